The second-order valence-electron chi connectivity index (χ2n) is 7.43. The molecule has 2 atom stereocenters. The highest BCUT2D eigenvalue weighted by atomic mass is 16.5. The minimum absolute atomic E-state index is 0.174. The Morgan fingerprint density at radius 1 is 1.26 bits per heavy atom. The number of methoxy groups -OCH3 is 1. The van der Waals surface area contributed by atoms with E-state index in [0.717, 1.165) is 22.4 Å². The van der Waals surface area contributed by atoms with E-state index in [1.54, 1.807) is 24.8 Å². The molecule has 4 aromatic rings. The number of ether oxygens (including phenoxy) is 1. The first-order chi connectivity index (χ1) is 15.0. The number of nitrogens with two attached hydrogens (primary N) is 1. The molecule has 0 radical (unpaired) electrons. The minimum Gasteiger partial charge on any atom is -0.497 e. The van der Waals surface area contributed by atoms with E-state index >= 15 is 0 Å². The largest absolute Gasteiger partial charge is 0.497 e. The van der Waals surface area contributed by atoms with Crippen LogP contribution in [0.15, 0.2) is 59.4 Å². The number of aliphatic hydroxyl groups is 1. The molecule has 2 aromatic carbocycles. The van der Waals surface area contributed by atoms with E-state index in [4.69, 9.17) is 19.9 Å². The zero-order chi connectivity index (χ0) is 22.0. The highest BCUT2D eigenvalue weighted by Gasteiger charge is 2.20. The summed E-state index contributed by atoms with van der Waals surface area (Å²) in [4.78, 5) is 20.1. The lowest BCUT2D eigenvalue weighted by Crippen LogP contribution is -2.21. The fourth-order valence-corrected chi connectivity index (χ4v) is 3.65. The summed E-state index contributed by atoms with van der Waals surface area (Å²) >= 11 is 0. The Balaban J connectivity index is 1.58. The third-order valence-electron chi connectivity index (χ3n) is 5.34. The third kappa shape index (κ3) is 4.29. The molecule has 0 aliphatic carbocycles. The molecule has 1 amide bonds. The quantitative estimate of drug-likeness (QED) is 0.451. The van der Waals surface area contributed by atoms with Crippen LogP contribution in [0.4, 0.5) is 0 Å². The summed E-state index contributed by atoms with van der Waals surface area (Å²) < 4.78 is 12.9. The number of primary amides is 1. The van der Waals surface area contributed by atoms with E-state index in [1.165, 1.54) is 6.33 Å². The van der Waals surface area contributed by atoms with Crippen molar-refractivity contribution in [3.63, 3.8) is 0 Å². The van der Waals surface area contributed by atoms with Crippen LogP contribution in [-0.4, -0.2) is 38.8 Å². The molecule has 160 valence electrons. The smallest absolute Gasteiger partial charge is 0.268 e. The second-order valence-corrected chi connectivity index (χ2v) is 7.43. The van der Waals surface area contributed by atoms with Gasteiger partial charge in [0.05, 0.1) is 25.6 Å². The number of imidazole rings is 1. The standard InChI is InChI=1S/C23H24N4O4/c1-14(28)19(27-12-18(22(24)29)25-13-27)11-8-15-4-3-5-20-21(15)26-23(31-20)16-6-9-17(30-2)10-7-16/h3-7,9-10,12-14,19,28H,8,11H2,1-2H3,(H2,24,29)/t14-,19+/m0/s1. The summed E-state index contributed by atoms with van der Waals surface area (Å²) in [6, 6.07) is 13.1. The number of carbonyl (C=O) groups excluding carboxylic acids is 1. The molecule has 4 rings (SSSR count). The molecule has 0 bridgehead atoms. The number of aromatic nitrogens is 3. The molecule has 0 fully saturated rings. The summed E-state index contributed by atoms with van der Waals surface area (Å²) in [5.41, 5.74) is 8.84. The van der Waals surface area contributed by atoms with Crippen molar-refractivity contribution >= 4 is 17.0 Å². The van der Waals surface area contributed by atoms with Crippen LogP contribution in [-0.2, 0) is 6.42 Å². The van der Waals surface area contributed by atoms with Gasteiger partial charge in [0.15, 0.2) is 5.58 Å². The van der Waals surface area contributed by atoms with Gasteiger partial charge in [-0.25, -0.2) is 9.97 Å². The first-order valence-corrected chi connectivity index (χ1v) is 10.0. The summed E-state index contributed by atoms with van der Waals surface area (Å²) in [5.74, 6) is 0.711. The maximum absolute atomic E-state index is 11.3. The number of para-hydroxylation sites is 1. The first-order valence-electron chi connectivity index (χ1n) is 10.0. The zero-order valence-electron chi connectivity index (χ0n) is 17.4. The summed E-state index contributed by atoms with van der Waals surface area (Å²) in [7, 11) is 1.62. The highest BCUT2D eigenvalue weighted by molar-refractivity contribution is 5.90. The Labute approximate surface area is 179 Å². The molecule has 3 N–H and O–H groups in total. The van der Waals surface area contributed by atoms with E-state index in [0.29, 0.717) is 24.3 Å². The molecule has 0 spiro atoms. The highest BCUT2D eigenvalue weighted by Crippen LogP contribution is 2.29. The Hall–Kier alpha value is -3.65. The van der Waals surface area contributed by atoms with Gasteiger partial charge in [0.1, 0.15) is 17.0 Å². The van der Waals surface area contributed by atoms with Crippen LogP contribution in [0.1, 0.15) is 35.4 Å². The van der Waals surface area contributed by atoms with E-state index < -0.39 is 12.0 Å². The molecule has 2 heterocycles. The maximum Gasteiger partial charge on any atom is 0.268 e. The van der Waals surface area contributed by atoms with Crippen molar-refractivity contribution < 1.29 is 19.1 Å². The number of oxazole rings is 1. The number of amides is 1. The summed E-state index contributed by atoms with van der Waals surface area (Å²) in [6.45, 7) is 1.72. The molecule has 8 nitrogen and oxygen atoms in total. The van der Waals surface area contributed by atoms with E-state index in [-0.39, 0.29) is 11.7 Å². The van der Waals surface area contributed by atoms with Crippen LogP contribution in [0.3, 0.4) is 0 Å². The minimum atomic E-state index is -0.638. The monoisotopic (exact) mass is 420 g/mol. The van der Waals surface area contributed by atoms with Crippen molar-refractivity contribution in [2.24, 2.45) is 5.73 Å². The average Bonchev–Trinajstić information content (AvgIpc) is 3.42. The molecule has 2 aromatic heterocycles. The Morgan fingerprint density at radius 2 is 2.03 bits per heavy atom. The normalized spacial score (nSPS) is 13.3. The first kappa shape index (κ1) is 20.6. The van der Waals surface area contributed by atoms with Gasteiger partial charge in [-0.1, -0.05) is 12.1 Å². The Kier molecular flexibility index (Phi) is 5.73. The molecule has 0 saturated heterocycles. The molecule has 0 aliphatic rings. The molecule has 31 heavy (non-hydrogen) atoms. The van der Waals surface area contributed by atoms with Crippen LogP contribution in [0.2, 0.25) is 0 Å². The van der Waals surface area contributed by atoms with Gasteiger partial charge in [-0.2, -0.15) is 0 Å². The van der Waals surface area contributed by atoms with Crippen LogP contribution >= 0.6 is 0 Å². The summed E-state index contributed by atoms with van der Waals surface area (Å²) in [5, 5.41) is 10.3. The van der Waals surface area contributed by atoms with E-state index in [2.05, 4.69) is 4.98 Å². The molecule has 0 aliphatic heterocycles. The zero-order valence-corrected chi connectivity index (χ0v) is 17.4. The second kappa shape index (κ2) is 8.61. The van der Waals surface area contributed by atoms with Crippen molar-refractivity contribution in [1.29, 1.82) is 0 Å². The summed E-state index contributed by atoms with van der Waals surface area (Å²) in [6.07, 6.45) is 3.73. The number of benzene rings is 2. The van der Waals surface area contributed by atoms with Crippen LogP contribution in [0.5, 0.6) is 5.75 Å². The van der Waals surface area contributed by atoms with Gasteiger partial charge in [-0.05, 0) is 55.7 Å². The SMILES string of the molecule is COc1ccc(-c2nc3c(CC[C@H]([C@H](C)O)n4cnc(C(N)=O)c4)cccc3o2)cc1. The Bertz CT molecular complexity index is 1190. The molecule has 0 saturated carbocycles. The number of aliphatic hydroxyl groups excluding tert-OH is 1. The predicted molar refractivity (Wildman–Crippen MR) is 116 cm³/mol. The predicted octanol–water partition coefficient (Wildman–Crippen LogP) is 3.35. The average molecular weight is 420 g/mol. The molecular formula is C23H24N4O4. The van der Waals surface area contributed by atoms with Gasteiger partial charge in [0.2, 0.25) is 5.89 Å². The Morgan fingerprint density at radius 3 is 2.68 bits per heavy atom. The van der Waals surface area contributed by atoms with Crippen LogP contribution < -0.4 is 10.5 Å². The lowest BCUT2D eigenvalue weighted by atomic mass is 10.0. The van der Waals surface area contributed by atoms with Crippen LogP contribution in [0, 0.1) is 0 Å². The number of hydrogen-bond donors (Lipinski definition) is 2. The van der Waals surface area contributed by atoms with E-state index in [9.17, 15) is 9.90 Å². The van der Waals surface area contributed by atoms with Crippen molar-refractivity contribution in [1.82, 2.24) is 14.5 Å². The fourth-order valence-electron chi connectivity index (χ4n) is 3.65. The van der Waals surface area contributed by atoms with Gasteiger partial charge in [-0.3, -0.25) is 4.79 Å². The number of hydrogen-bond acceptors (Lipinski definition) is 6. The third-order valence-corrected chi connectivity index (χ3v) is 5.34. The van der Waals surface area contributed by atoms with Gasteiger partial charge in [0, 0.05) is 11.8 Å². The van der Waals surface area contributed by atoms with Crippen LogP contribution in [0.25, 0.3) is 22.6 Å². The lowest BCUT2D eigenvalue weighted by molar-refractivity contribution is 0.0994. The number of carbonyl (C=O) groups is 1. The van der Waals surface area contributed by atoms with Crippen molar-refractivity contribution in [2.45, 2.75) is 31.9 Å². The van der Waals surface area contributed by atoms with Gasteiger partial charge in [0.25, 0.3) is 5.91 Å². The number of nitrogens with zero attached hydrogens (tertiary/aromatic N) is 3. The lowest BCUT2D eigenvalue weighted by Gasteiger charge is -2.21. The topological polar surface area (TPSA) is 116 Å². The maximum atomic E-state index is 11.3. The fraction of sp³-hybridized carbons (Fsp3) is 0.261. The number of fused-ring (bicyclic) bond motifs is 1. The van der Waals surface area contributed by atoms with Gasteiger partial charge < -0.3 is 24.6 Å². The molecule has 0 unspecified atom stereocenters. The van der Waals surface area contributed by atoms with Gasteiger partial charge >= 0.3 is 0 Å². The molecule has 8 heteroatoms. The van der Waals surface area contributed by atoms with Gasteiger partial charge in [-0.15, -0.1) is 0 Å². The van der Waals surface area contributed by atoms with Crippen molar-refractivity contribution in [3.05, 3.63) is 66.2 Å². The van der Waals surface area contributed by atoms with Crippen molar-refractivity contribution in [3.8, 4) is 17.2 Å². The number of rotatable bonds is 8. The molecular weight excluding hydrogens is 396 g/mol. The number of aryl methyl sites for hydroxylation is 1. The van der Waals surface area contributed by atoms with E-state index in [1.807, 2.05) is 42.5 Å². The van der Waals surface area contributed by atoms with Crippen molar-refractivity contribution in [2.75, 3.05) is 7.11 Å².